The van der Waals surface area contributed by atoms with E-state index in [2.05, 4.69) is 54.8 Å². The molecule has 1 heterocycles. The number of aromatic nitrogens is 2. The number of aryl methyl sites for hydroxylation is 1. The molecule has 1 fully saturated rings. The average Bonchev–Trinajstić information content (AvgIpc) is 2.44. The van der Waals surface area contributed by atoms with Crippen molar-refractivity contribution in [1.82, 2.24) is 9.55 Å². The van der Waals surface area contributed by atoms with Gasteiger partial charge < -0.3 is 9.41 Å². The molecule has 0 spiro atoms. The van der Waals surface area contributed by atoms with Crippen molar-refractivity contribution < 1.29 is 4.43 Å². The fourth-order valence-electron chi connectivity index (χ4n) is 3.20. The molecule has 26 heavy (non-hydrogen) atoms. The van der Waals surface area contributed by atoms with E-state index in [-0.39, 0.29) is 22.7 Å². The number of halogens is 1. The number of aromatic amines is 1. The van der Waals surface area contributed by atoms with Gasteiger partial charge in [-0.25, -0.2) is 0 Å². The van der Waals surface area contributed by atoms with Crippen LogP contribution in [0.5, 0.6) is 0 Å². The van der Waals surface area contributed by atoms with Crippen LogP contribution in [0, 0.1) is 11.7 Å². The highest BCUT2D eigenvalue weighted by atomic mass is 79.9. The molecule has 7 heteroatoms. The van der Waals surface area contributed by atoms with Crippen LogP contribution in [0.4, 0.5) is 0 Å². The number of hydrogen-bond acceptors (Lipinski definition) is 3. The van der Waals surface area contributed by atoms with Crippen LogP contribution in [-0.2, 0) is 4.43 Å². The molecule has 1 aliphatic carbocycles. The lowest BCUT2D eigenvalue weighted by Gasteiger charge is -2.45. The van der Waals surface area contributed by atoms with Gasteiger partial charge >= 0.3 is 0 Å². The normalized spacial score (nSPS) is 21.0. The number of nitrogens with zero attached hydrogens (tertiary/aromatic N) is 1. The Bertz CT molecular complexity index is 968. The van der Waals surface area contributed by atoms with Crippen LogP contribution < -0.4 is 5.56 Å². The first-order valence-corrected chi connectivity index (χ1v) is 13.1. The molecule has 3 rings (SSSR count). The molecule has 1 aromatic heterocycles. The zero-order valence-electron chi connectivity index (χ0n) is 16.3. The number of hydrogen-bond donors (Lipinski definition) is 1. The number of benzene rings is 1. The zero-order chi connectivity index (χ0) is 19.4. The van der Waals surface area contributed by atoms with Crippen molar-refractivity contribution in [3.63, 3.8) is 0 Å². The summed E-state index contributed by atoms with van der Waals surface area (Å²) in [6, 6.07) is 4.03. The molecule has 0 aliphatic heterocycles. The Morgan fingerprint density at radius 2 is 1.92 bits per heavy atom. The molecule has 1 saturated carbocycles. The van der Waals surface area contributed by atoms with Gasteiger partial charge in [-0.05, 0) is 83.7 Å². The fourth-order valence-corrected chi connectivity index (χ4v) is 5.58. The average molecular weight is 455 g/mol. The van der Waals surface area contributed by atoms with E-state index in [9.17, 15) is 4.79 Å². The third kappa shape index (κ3) is 3.51. The minimum atomic E-state index is -1.78. The molecule has 1 aromatic carbocycles. The van der Waals surface area contributed by atoms with Gasteiger partial charge in [-0.2, -0.15) is 0 Å². The monoisotopic (exact) mass is 454 g/mol. The fraction of sp³-hybridized carbons (Fsp3) is 0.579. The number of H-pyrrole nitrogens is 1. The number of fused-ring (bicyclic) bond motifs is 1. The molecular formula is C19H27BrN2O2SSi. The predicted molar refractivity (Wildman–Crippen MR) is 116 cm³/mol. The molecule has 0 radical (unpaired) electrons. The van der Waals surface area contributed by atoms with Crippen molar-refractivity contribution in [2.24, 2.45) is 0 Å². The third-order valence-corrected chi connectivity index (χ3v) is 11.3. The lowest BCUT2D eigenvalue weighted by Crippen LogP contribution is -2.48. The molecule has 2 aromatic rings. The van der Waals surface area contributed by atoms with Crippen molar-refractivity contribution >= 4 is 47.4 Å². The first-order valence-electron chi connectivity index (χ1n) is 9.03. The second-order valence-corrected chi connectivity index (χ2v) is 14.9. The Morgan fingerprint density at radius 3 is 2.50 bits per heavy atom. The molecule has 142 valence electrons. The van der Waals surface area contributed by atoms with E-state index in [0.29, 0.717) is 10.2 Å². The molecule has 0 unspecified atom stereocenters. The SMILES string of the molecule is Cc1cc(Br)c2[nH]c(=S)n(C3CC(O[Si](C)(C)C(C)(C)C)C3)c(=O)c2c1. The van der Waals surface area contributed by atoms with Crippen molar-refractivity contribution in [3.8, 4) is 0 Å². The minimum absolute atomic E-state index is 0.0103. The first-order chi connectivity index (χ1) is 11.9. The van der Waals surface area contributed by atoms with Gasteiger partial charge in [0.25, 0.3) is 5.56 Å². The van der Waals surface area contributed by atoms with Gasteiger partial charge in [-0.3, -0.25) is 9.36 Å². The Morgan fingerprint density at radius 1 is 1.31 bits per heavy atom. The smallest absolute Gasteiger partial charge is 0.262 e. The maximum atomic E-state index is 13.1. The number of nitrogens with one attached hydrogen (secondary N) is 1. The van der Waals surface area contributed by atoms with Gasteiger partial charge in [0.15, 0.2) is 13.1 Å². The summed E-state index contributed by atoms with van der Waals surface area (Å²) < 4.78 is 9.57. The van der Waals surface area contributed by atoms with E-state index < -0.39 is 8.32 Å². The molecule has 0 atom stereocenters. The summed E-state index contributed by atoms with van der Waals surface area (Å²) in [5.41, 5.74) is 1.81. The Kier molecular flexibility index (Phi) is 5.14. The molecule has 1 N–H and O–H groups in total. The summed E-state index contributed by atoms with van der Waals surface area (Å²) in [6.07, 6.45) is 1.92. The second kappa shape index (κ2) is 6.69. The third-order valence-electron chi connectivity index (χ3n) is 5.84. The molecule has 0 amide bonds. The molecule has 4 nitrogen and oxygen atoms in total. The molecule has 0 bridgehead atoms. The Labute approximate surface area is 169 Å². The van der Waals surface area contributed by atoms with Crippen LogP contribution in [0.3, 0.4) is 0 Å². The number of rotatable bonds is 3. The first kappa shape index (κ1) is 20.0. The van der Waals surface area contributed by atoms with Crippen molar-refractivity contribution in [2.45, 2.75) is 70.8 Å². The highest BCUT2D eigenvalue weighted by Crippen LogP contribution is 2.42. The van der Waals surface area contributed by atoms with Crippen LogP contribution >= 0.6 is 28.1 Å². The van der Waals surface area contributed by atoms with E-state index in [1.54, 1.807) is 4.57 Å². The minimum Gasteiger partial charge on any atom is -0.414 e. The van der Waals surface area contributed by atoms with Gasteiger partial charge in [0.05, 0.1) is 10.9 Å². The molecular weight excluding hydrogens is 428 g/mol. The zero-order valence-corrected chi connectivity index (χ0v) is 19.7. The van der Waals surface area contributed by atoms with Crippen LogP contribution in [0.25, 0.3) is 10.9 Å². The predicted octanol–water partition coefficient (Wildman–Crippen LogP) is 5.86. The highest BCUT2D eigenvalue weighted by Gasteiger charge is 2.43. The van der Waals surface area contributed by atoms with Gasteiger partial charge in [0.2, 0.25) is 0 Å². The maximum Gasteiger partial charge on any atom is 0.262 e. The van der Waals surface area contributed by atoms with Gasteiger partial charge in [0, 0.05) is 16.6 Å². The van der Waals surface area contributed by atoms with Gasteiger partial charge in [0.1, 0.15) is 0 Å². The van der Waals surface area contributed by atoms with Crippen LogP contribution in [-0.4, -0.2) is 24.0 Å². The quantitative estimate of drug-likeness (QED) is 0.466. The van der Waals surface area contributed by atoms with Crippen LogP contribution in [0.1, 0.15) is 45.2 Å². The Hall–Kier alpha value is -0.763. The van der Waals surface area contributed by atoms with E-state index in [1.165, 1.54) is 0 Å². The summed E-state index contributed by atoms with van der Waals surface area (Å²) in [5, 5.41) is 0.873. The summed E-state index contributed by atoms with van der Waals surface area (Å²) >= 11 is 9.03. The highest BCUT2D eigenvalue weighted by molar-refractivity contribution is 9.10. The van der Waals surface area contributed by atoms with Crippen molar-refractivity contribution in [3.05, 3.63) is 37.3 Å². The molecule has 1 aliphatic rings. The van der Waals surface area contributed by atoms with Crippen molar-refractivity contribution in [1.29, 1.82) is 0 Å². The maximum absolute atomic E-state index is 13.1. The van der Waals surface area contributed by atoms with E-state index in [1.807, 2.05) is 19.1 Å². The summed E-state index contributed by atoms with van der Waals surface area (Å²) in [6.45, 7) is 13.3. The summed E-state index contributed by atoms with van der Waals surface area (Å²) in [4.78, 5) is 16.3. The van der Waals surface area contributed by atoms with Gasteiger partial charge in [-0.1, -0.05) is 20.8 Å². The van der Waals surface area contributed by atoms with E-state index >= 15 is 0 Å². The molecule has 0 saturated heterocycles. The van der Waals surface area contributed by atoms with Crippen LogP contribution in [0.2, 0.25) is 18.1 Å². The lowest BCUT2D eigenvalue weighted by atomic mass is 9.89. The summed E-state index contributed by atoms with van der Waals surface area (Å²) in [7, 11) is -1.78. The second-order valence-electron chi connectivity index (χ2n) is 8.90. The van der Waals surface area contributed by atoms with Crippen LogP contribution in [0.15, 0.2) is 21.4 Å². The van der Waals surface area contributed by atoms with Gasteiger partial charge in [-0.15, -0.1) is 0 Å². The summed E-state index contributed by atoms with van der Waals surface area (Å²) in [5.74, 6) is 0. The van der Waals surface area contributed by atoms with E-state index in [0.717, 1.165) is 28.4 Å². The van der Waals surface area contributed by atoms with E-state index in [4.69, 9.17) is 16.6 Å². The largest absolute Gasteiger partial charge is 0.414 e. The van der Waals surface area contributed by atoms with Crippen molar-refractivity contribution in [2.75, 3.05) is 0 Å². The lowest BCUT2D eigenvalue weighted by molar-refractivity contribution is 0.0557. The standard InChI is InChI=1S/C19H27BrN2O2SSi/c1-11-7-14-16(15(20)8-11)21-18(25)22(17(14)23)12-9-13(10-12)24-26(5,6)19(2,3)4/h7-8,12-13H,9-10H2,1-6H3,(H,21,25). The topological polar surface area (TPSA) is 47.0 Å². The Balaban J connectivity index is 1.88.